The SMILES string of the molecule is CC(N(CCN(C(C)(C)C)S(C)(=O)=O)CC(F)F)C(C)(C)C. The van der Waals surface area contributed by atoms with Crippen molar-refractivity contribution in [1.29, 1.82) is 0 Å². The second-order valence-corrected chi connectivity index (χ2v) is 9.84. The number of nitrogens with zero attached hydrogens (tertiary/aromatic N) is 2. The van der Waals surface area contributed by atoms with Crippen LogP contribution in [0.3, 0.4) is 0 Å². The van der Waals surface area contributed by atoms with Crippen molar-refractivity contribution in [3.63, 3.8) is 0 Å². The fraction of sp³-hybridized carbons (Fsp3) is 1.00. The molecule has 0 saturated heterocycles. The minimum absolute atomic E-state index is 0.0807. The molecule has 0 bridgehead atoms. The van der Waals surface area contributed by atoms with Crippen molar-refractivity contribution in [3.05, 3.63) is 0 Å². The van der Waals surface area contributed by atoms with Crippen LogP contribution in [-0.4, -0.2) is 61.5 Å². The van der Waals surface area contributed by atoms with Crippen LogP contribution >= 0.6 is 0 Å². The molecule has 4 nitrogen and oxygen atoms in total. The first-order chi connectivity index (χ1) is 9.56. The van der Waals surface area contributed by atoms with E-state index >= 15 is 0 Å². The molecule has 0 aromatic heterocycles. The van der Waals surface area contributed by atoms with E-state index in [1.54, 1.807) is 25.7 Å². The summed E-state index contributed by atoms with van der Waals surface area (Å²) in [5.74, 6) is 0. The van der Waals surface area contributed by atoms with Gasteiger partial charge in [0.1, 0.15) is 0 Å². The summed E-state index contributed by atoms with van der Waals surface area (Å²) in [6, 6.07) is -0.0807. The molecule has 22 heavy (non-hydrogen) atoms. The quantitative estimate of drug-likeness (QED) is 0.714. The van der Waals surface area contributed by atoms with E-state index in [4.69, 9.17) is 0 Å². The highest BCUT2D eigenvalue weighted by Crippen LogP contribution is 2.25. The summed E-state index contributed by atoms with van der Waals surface area (Å²) < 4.78 is 51.0. The van der Waals surface area contributed by atoms with Crippen LogP contribution in [-0.2, 0) is 10.0 Å². The van der Waals surface area contributed by atoms with E-state index in [2.05, 4.69) is 0 Å². The number of hydrogen-bond donors (Lipinski definition) is 0. The van der Waals surface area contributed by atoms with E-state index in [-0.39, 0.29) is 31.1 Å². The molecular formula is C15H32F2N2O2S. The predicted molar refractivity (Wildman–Crippen MR) is 87.8 cm³/mol. The van der Waals surface area contributed by atoms with Crippen LogP contribution in [0.25, 0.3) is 0 Å². The average molecular weight is 342 g/mol. The lowest BCUT2D eigenvalue weighted by Gasteiger charge is -2.40. The molecule has 134 valence electrons. The van der Waals surface area contributed by atoms with Crippen LogP contribution in [0.15, 0.2) is 0 Å². The maximum atomic E-state index is 12.9. The average Bonchev–Trinajstić information content (AvgIpc) is 2.21. The van der Waals surface area contributed by atoms with E-state index < -0.39 is 22.0 Å². The van der Waals surface area contributed by atoms with Crippen LogP contribution in [0.2, 0.25) is 0 Å². The van der Waals surface area contributed by atoms with Gasteiger partial charge < -0.3 is 0 Å². The molecule has 0 aliphatic carbocycles. The van der Waals surface area contributed by atoms with Crippen LogP contribution in [0.1, 0.15) is 48.5 Å². The monoisotopic (exact) mass is 342 g/mol. The Kier molecular flexibility index (Phi) is 7.44. The summed E-state index contributed by atoms with van der Waals surface area (Å²) in [6.45, 7) is 13.4. The zero-order valence-corrected chi connectivity index (χ0v) is 16.0. The number of hydrogen-bond acceptors (Lipinski definition) is 3. The van der Waals surface area contributed by atoms with Crippen LogP contribution < -0.4 is 0 Å². The second kappa shape index (κ2) is 7.53. The summed E-state index contributed by atoms with van der Waals surface area (Å²) in [6.07, 6.45) is -1.28. The zero-order chi connectivity index (χ0) is 17.9. The largest absolute Gasteiger partial charge is 0.293 e. The highest BCUT2D eigenvalue weighted by atomic mass is 32.2. The first kappa shape index (κ1) is 21.7. The summed E-state index contributed by atoms with van der Waals surface area (Å²) in [4.78, 5) is 1.68. The van der Waals surface area contributed by atoms with Crippen LogP contribution in [0.4, 0.5) is 8.78 Å². The van der Waals surface area contributed by atoms with Crippen molar-refractivity contribution in [2.75, 3.05) is 25.9 Å². The number of sulfonamides is 1. The van der Waals surface area contributed by atoms with Gasteiger partial charge in [-0.3, -0.25) is 4.90 Å². The molecular weight excluding hydrogens is 310 g/mol. The van der Waals surface area contributed by atoms with Crippen LogP contribution in [0, 0.1) is 5.41 Å². The minimum atomic E-state index is -3.39. The molecule has 0 aliphatic heterocycles. The molecule has 0 aromatic rings. The highest BCUT2D eigenvalue weighted by molar-refractivity contribution is 7.88. The lowest BCUT2D eigenvalue weighted by molar-refractivity contribution is 0.0323. The van der Waals surface area contributed by atoms with Gasteiger partial charge in [0.15, 0.2) is 0 Å². The maximum Gasteiger partial charge on any atom is 0.251 e. The van der Waals surface area contributed by atoms with Crippen molar-refractivity contribution in [1.82, 2.24) is 9.21 Å². The van der Waals surface area contributed by atoms with Gasteiger partial charge in [0.05, 0.1) is 12.8 Å². The Morgan fingerprint density at radius 2 is 1.45 bits per heavy atom. The summed E-state index contributed by atoms with van der Waals surface area (Å²) >= 11 is 0. The Morgan fingerprint density at radius 3 is 1.73 bits per heavy atom. The zero-order valence-electron chi connectivity index (χ0n) is 15.2. The van der Waals surface area contributed by atoms with Gasteiger partial charge in [0, 0.05) is 24.7 Å². The maximum absolute atomic E-state index is 12.9. The molecule has 0 aromatic carbocycles. The molecule has 0 N–H and O–H groups in total. The molecule has 0 rings (SSSR count). The molecule has 0 spiro atoms. The highest BCUT2D eigenvalue weighted by Gasteiger charge is 2.32. The van der Waals surface area contributed by atoms with E-state index in [1.807, 2.05) is 27.7 Å². The first-order valence-electron chi connectivity index (χ1n) is 7.57. The van der Waals surface area contributed by atoms with Gasteiger partial charge in [-0.15, -0.1) is 0 Å². The van der Waals surface area contributed by atoms with Crippen molar-refractivity contribution in [2.45, 2.75) is 66.5 Å². The fourth-order valence-corrected chi connectivity index (χ4v) is 3.79. The third kappa shape index (κ3) is 7.33. The number of halogens is 2. The van der Waals surface area contributed by atoms with Crippen molar-refractivity contribution < 1.29 is 17.2 Å². The number of rotatable bonds is 7. The molecule has 0 radical (unpaired) electrons. The summed E-state index contributed by atoms with van der Waals surface area (Å²) in [5.41, 5.74) is -0.735. The van der Waals surface area contributed by atoms with Crippen molar-refractivity contribution in [2.24, 2.45) is 5.41 Å². The van der Waals surface area contributed by atoms with Gasteiger partial charge >= 0.3 is 0 Å². The molecule has 0 saturated carbocycles. The Balaban J connectivity index is 5.16. The Bertz CT molecular complexity index is 439. The normalized spacial score (nSPS) is 15.9. The van der Waals surface area contributed by atoms with E-state index in [0.717, 1.165) is 6.26 Å². The Labute approximate surface area is 134 Å². The lowest BCUT2D eigenvalue weighted by atomic mass is 9.87. The standard InChI is InChI=1S/C15H32F2N2O2S/c1-12(14(2,3)4)18(11-13(16)17)9-10-19(15(5,6)7)22(8,20)21/h12-13H,9-11H2,1-8H3. The van der Waals surface area contributed by atoms with E-state index in [1.165, 1.54) is 4.31 Å². The fourth-order valence-electron chi connectivity index (χ4n) is 2.39. The summed E-state index contributed by atoms with van der Waals surface area (Å²) in [5, 5.41) is 0. The van der Waals surface area contributed by atoms with Gasteiger partial charge in [0.2, 0.25) is 10.0 Å². The minimum Gasteiger partial charge on any atom is -0.293 e. The van der Waals surface area contributed by atoms with Gasteiger partial charge in [-0.05, 0) is 33.1 Å². The molecule has 0 aliphatic rings. The third-order valence-electron chi connectivity index (χ3n) is 3.91. The molecule has 0 fully saturated rings. The molecule has 1 atom stereocenters. The lowest BCUT2D eigenvalue weighted by Crippen LogP contribution is -2.52. The first-order valence-corrected chi connectivity index (χ1v) is 9.41. The molecule has 0 amide bonds. The molecule has 0 heterocycles. The number of alkyl halides is 2. The molecule has 1 unspecified atom stereocenters. The second-order valence-electron chi connectivity index (χ2n) is 7.93. The topological polar surface area (TPSA) is 40.6 Å². The molecule has 7 heteroatoms. The van der Waals surface area contributed by atoms with Gasteiger partial charge in [-0.2, -0.15) is 4.31 Å². The predicted octanol–water partition coefficient (Wildman–Crippen LogP) is 3.05. The van der Waals surface area contributed by atoms with E-state index in [0.29, 0.717) is 0 Å². The Hall–Kier alpha value is -0.270. The smallest absolute Gasteiger partial charge is 0.251 e. The van der Waals surface area contributed by atoms with E-state index in [9.17, 15) is 17.2 Å². The van der Waals surface area contributed by atoms with Gasteiger partial charge in [0.25, 0.3) is 6.43 Å². The van der Waals surface area contributed by atoms with Gasteiger partial charge in [-0.25, -0.2) is 17.2 Å². The van der Waals surface area contributed by atoms with Crippen molar-refractivity contribution in [3.8, 4) is 0 Å². The Morgan fingerprint density at radius 1 is 1.00 bits per heavy atom. The van der Waals surface area contributed by atoms with Gasteiger partial charge in [-0.1, -0.05) is 20.8 Å². The third-order valence-corrected chi connectivity index (χ3v) is 5.44. The van der Waals surface area contributed by atoms with Crippen LogP contribution in [0.5, 0.6) is 0 Å². The van der Waals surface area contributed by atoms with Crippen molar-refractivity contribution >= 4 is 10.0 Å². The summed E-state index contributed by atoms with van der Waals surface area (Å²) in [7, 11) is -3.39.